The maximum absolute atomic E-state index is 2.48. The lowest BCUT2D eigenvalue weighted by atomic mass is 9.92. The Hall–Kier alpha value is -6.64. The molecule has 0 aliphatic carbocycles. The van der Waals surface area contributed by atoms with Gasteiger partial charge in [-0.05, 0) is 81.2 Å². The van der Waals surface area contributed by atoms with Crippen molar-refractivity contribution in [3.63, 3.8) is 0 Å². The van der Waals surface area contributed by atoms with Crippen LogP contribution in [0.4, 0.5) is 0 Å². The van der Waals surface area contributed by atoms with Gasteiger partial charge in [-0.2, -0.15) is 0 Å². The van der Waals surface area contributed by atoms with Crippen molar-refractivity contribution in [3.8, 4) is 22.5 Å². The molecular weight excluding hydrogens is 605 g/mol. The first kappa shape index (κ1) is 27.3. The van der Waals surface area contributed by atoms with Crippen molar-refractivity contribution in [2.45, 2.75) is 0 Å². The Bertz CT molecular complexity index is 3130. The van der Waals surface area contributed by atoms with Gasteiger partial charge in [0, 0.05) is 43.7 Å². The van der Waals surface area contributed by atoms with Gasteiger partial charge in [0.25, 0.3) is 0 Å². The second-order valence-corrected chi connectivity index (χ2v) is 13.3. The van der Waals surface area contributed by atoms with Crippen LogP contribution in [0.1, 0.15) is 0 Å². The molecule has 0 saturated heterocycles. The molecule has 0 unspecified atom stereocenters. The Morgan fingerprint density at radius 3 is 1.64 bits per heavy atom. The fraction of sp³-hybridized carbons (Fsp3) is 0. The molecule has 0 bridgehead atoms. The van der Waals surface area contributed by atoms with Gasteiger partial charge in [-0.1, -0.05) is 133 Å². The molecule has 0 saturated carbocycles. The molecule has 2 heteroatoms. The van der Waals surface area contributed by atoms with Crippen LogP contribution in [0.3, 0.4) is 0 Å². The molecule has 2 heterocycles. The zero-order chi connectivity index (χ0) is 32.8. The van der Waals surface area contributed by atoms with Gasteiger partial charge in [0.1, 0.15) is 0 Å². The van der Waals surface area contributed by atoms with E-state index in [1.807, 2.05) is 0 Å². The first-order chi connectivity index (χ1) is 24.8. The average Bonchev–Trinajstić information content (AvgIpc) is 3.71. The van der Waals surface area contributed by atoms with E-state index in [2.05, 4.69) is 191 Å². The minimum atomic E-state index is 1.17. The Balaban J connectivity index is 1.28. The first-order valence-corrected chi connectivity index (χ1v) is 17.3. The second kappa shape index (κ2) is 10.4. The Kier molecular flexibility index (Phi) is 5.70. The summed E-state index contributed by atoms with van der Waals surface area (Å²) in [4.78, 5) is 0. The Morgan fingerprint density at radius 2 is 0.840 bits per heavy atom. The lowest BCUT2D eigenvalue weighted by Gasteiger charge is -2.13. The molecule has 0 amide bonds. The molecule has 232 valence electrons. The van der Waals surface area contributed by atoms with Crippen LogP contribution in [-0.2, 0) is 0 Å². The van der Waals surface area contributed by atoms with E-state index in [9.17, 15) is 0 Å². The highest BCUT2D eigenvalue weighted by atomic mass is 15.0. The van der Waals surface area contributed by atoms with E-state index in [4.69, 9.17) is 0 Å². The van der Waals surface area contributed by atoms with Crippen LogP contribution in [0, 0.1) is 0 Å². The van der Waals surface area contributed by atoms with Crippen molar-refractivity contribution in [2.75, 3.05) is 0 Å². The second-order valence-electron chi connectivity index (χ2n) is 13.3. The standard InChI is InChI=1S/C48H30N2/c1-3-14-34(15-4-1)49-43-22-12-11-20-38(43)39-26-24-33(30-45(39)49)32-25-28-44-42(29-32)47-46-36-18-8-7-13-31(36)23-27-40(46)37-19-9-10-21-41(37)48(47)50(44)35-16-5-2-6-17-35/h1-30H. The molecule has 9 aromatic carbocycles. The number of aromatic nitrogens is 2. The SMILES string of the molecule is c1ccc(-n2c3ccccc3c3ccc(-c4ccc5c(c4)c4c6c7ccccc7ccc6c6ccccc6c4n5-c4ccccc4)cc32)cc1. The van der Waals surface area contributed by atoms with Crippen molar-refractivity contribution in [3.05, 3.63) is 182 Å². The van der Waals surface area contributed by atoms with E-state index < -0.39 is 0 Å². The summed E-state index contributed by atoms with van der Waals surface area (Å²) in [5, 5.41) is 12.8. The van der Waals surface area contributed by atoms with E-state index in [0.717, 1.165) is 0 Å². The van der Waals surface area contributed by atoms with Crippen LogP contribution < -0.4 is 0 Å². The minimum absolute atomic E-state index is 1.17. The number of hydrogen-bond acceptors (Lipinski definition) is 0. The minimum Gasteiger partial charge on any atom is -0.309 e. The maximum atomic E-state index is 2.48. The van der Waals surface area contributed by atoms with Crippen LogP contribution in [0.5, 0.6) is 0 Å². The summed E-state index contributed by atoms with van der Waals surface area (Å²) in [6, 6.07) is 66.7. The fourth-order valence-corrected chi connectivity index (χ4v) is 8.52. The fourth-order valence-electron chi connectivity index (χ4n) is 8.52. The molecule has 2 nitrogen and oxygen atoms in total. The van der Waals surface area contributed by atoms with Crippen LogP contribution in [0.15, 0.2) is 182 Å². The lowest BCUT2D eigenvalue weighted by Crippen LogP contribution is -1.94. The number of fused-ring (bicyclic) bond motifs is 13. The molecule has 0 N–H and O–H groups in total. The van der Waals surface area contributed by atoms with Crippen molar-refractivity contribution < 1.29 is 0 Å². The van der Waals surface area contributed by atoms with Gasteiger partial charge in [-0.15, -0.1) is 0 Å². The zero-order valence-electron chi connectivity index (χ0n) is 27.2. The summed E-state index contributed by atoms with van der Waals surface area (Å²) in [5.74, 6) is 0. The highest BCUT2D eigenvalue weighted by Crippen LogP contribution is 2.46. The number of nitrogens with zero attached hydrogens (tertiary/aromatic N) is 2. The lowest BCUT2D eigenvalue weighted by molar-refractivity contribution is 1.18. The van der Waals surface area contributed by atoms with Gasteiger partial charge >= 0.3 is 0 Å². The largest absolute Gasteiger partial charge is 0.309 e. The normalized spacial score (nSPS) is 12.0. The molecule has 0 atom stereocenters. The van der Waals surface area contributed by atoms with Crippen LogP contribution in [0.2, 0.25) is 0 Å². The van der Waals surface area contributed by atoms with E-state index in [0.29, 0.717) is 0 Å². The summed E-state index contributed by atoms with van der Waals surface area (Å²) in [7, 11) is 0. The van der Waals surface area contributed by atoms with Crippen molar-refractivity contribution in [1.82, 2.24) is 9.13 Å². The third-order valence-electron chi connectivity index (χ3n) is 10.7. The summed E-state index contributed by atoms with van der Waals surface area (Å²) >= 11 is 0. The quantitative estimate of drug-likeness (QED) is 0.171. The third kappa shape index (κ3) is 3.79. The summed E-state index contributed by atoms with van der Waals surface area (Å²) < 4.78 is 4.88. The molecule has 0 spiro atoms. The number of hydrogen-bond donors (Lipinski definition) is 0. The summed E-state index contributed by atoms with van der Waals surface area (Å²) in [5.41, 5.74) is 9.64. The third-order valence-corrected chi connectivity index (χ3v) is 10.7. The van der Waals surface area contributed by atoms with E-state index in [1.54, 1.807) is 0 Å². The average molecular weight is 635 g/mol. The molecular formula is C48H30N2. The zero-order valence-corrected chi connectivity index (χ0v) is 27.2. The number of para-hydroxylation sites is 3. The van der Waals surface area contributed by atoms with Crippen LogP contribution in [-0.4, -0.2) is 9.13 Å². The highest BCUT2D eigenvalue weighted by molar-refractivity contribution is 6.37. The first-order valence-electron chi connectivity index (χ1n) is 17.3. The highest BCUT2D eigenvalue weighted by Gasteiger charge is 2.21. The number of rotatable bonds is 3. The van der Waals surface area contributed by atoms with Gasteiger partial charge in [0.05, 0.1) is 22.1 Å². The van der Waals surface area contributed by atoms with Gasteiger partial charge in [-0.3, -0.25) is 0 Å². The predicted octanol–water partition coefficient (Wildman–Crippen LogP) is 13.0. The van der Waals surface area contributed by atoms with Crippen LogP contribution >= 0.6 is 0 Å². The molecule has 11 aromatic rings. The van der Waals surface area contributed by atoms with Crippen molar-refractivity contribution in [1.29, 1.82) is 0 Å². The topological polar surface area (TPSA) is 9.86 Å². The van der Waals surface area contributed by atoms with Gasteiger partial charge < -0.3 is 9.13 Å². The maximum Gasteiger partial charge on any atom is 0.0626 e. The molecule has 11 rings (SSSR count). The van der Waals surface area contributed by atoms with Crippen molar-refractivity contribution >= 4 is 75.9 Å². The van der Waals surface area contributed by atoms with E-state index in [-0.39, 0.29) is 0 Å². The van der Waals surface area contributed by atoms with Gasteiger partial charge in [0.15, 0.2) is 0 Å². The molecule has 50 heavy (non-hydrogen) atoms. The monoisotopic (exact) mass is 634 g/mol. The smallest absolute Gasteiger partial charge is 0.0626 e. The molecule has 0 radical (unpaired) electrons. The summed E-state index contributed by atoms with van der Waals surface area (Å²) in [6.07, 6.45) is 0. The predicted molar refractivity (Wildman–Crippen MR) is 213 cm³/mol. The Morgan fingerprint density at radius 1 is 0.280 bits per heavy atom. The van der Waals surface area contributed by atoms with Gasteiger partial charge in [0.2, 0.25) is 0 Å². The van der Waals surface area contributed by atoms with Crippen LogP contribution in [0.25, 0.3) is 98.4 Å². The van der Waals surface area contributed by atoms with E-state index >= 15 is 0 Å². The van der Waals surface area contributed by atoms with E-state index in [1.165, 1.54) is 98.4 Å². The number of benzene rings is 9. The summed E-state index contributed by atoms with van der Waals surface area (Å²) in [6.45, 7) is 0. The van der Waals surface area contributed by atoms with Gasteiger partial charge in [-0.25, -0.2) is 0 Å². The Labute approximate surface area is 288 Å². The van der Waals surface area contributed by atoms with Crippen molar-refractivity contribution in [2.24, 2.45) is 0 Å². The molecule has 0 fully saturated rings. The molecule has 0 aliphatic heterocycles. The molecule has 2 aromatic heterocycles. The molecule has 0 aliphatic rings.